The van der Waals surface area contributed by atoms with E-state index in [1.165, 1.54) is 9.79 Å². The van der Waals surface area contributed by atoms with Crippen LogP contribution in [-0.2, 0) is 31.9 Å². The van der Waals surface area contributed by atoms with Gasteiger partial charge < -0.3 is 18.9 Å². The first-order valence-electron chi connectivity index (χ1n) is 10.8. The normalized spacial score (nSPS) is 11.7. The van der Waals surface area contributed by atoms with E-state index in [0.717, 1.165) is 45.6 Å². The number of hydrogen-bond donors (Lipinski definition) is 0. The van der Waals surface area contributed by atoms with Gasteiger partial charge in [0.25, 0.3) is 0 Å². The van der Waals surface area contributed by atoms with Gasteiger partial charge in [-0.25, -0.2) is 0 Å². The third kappa shape index (κ3) is 9.07. The molecular weight excluding hydrogens is 642 g/mol. The maximum atomic E-state index is 5.34. The van der Waals surface area contributed by atoms with Crippen LogP contribution in [0.25, 0.3) is 0 Å². The van der Waals surface area contributed by atoms with Gasteiger partial charge in [-0.15, -0.1) is 83.7 Å². The Morgan fingerprint density at radius 2 is 0.946 bits per heavy atom. The Balaban J connectivity index is 0.000000241. The molecule has 0 atom stereocenters. The molecule has 4 nitrogen and oxygen atoms in total. The van der Waals surface area contributed by atoms with Gasteiger partial charge in [0.1, 0.15) is 0 Å². The molecule has 196 valence electrons. The predicted octanol–water partition coefficient (Wildman–Crippen LogP) is 7.86. The van der Waals surface area contributed by atoms with Crippen LogP contribution in [0.15, 0.2) is 94.7 Å². The Labute approximate surface area is 252 Å². The van der Waals surface area contributed by atoms with Gasteiger partial charge in [0.05, 0.1) is 23.0 Å². The summed E-state index contributed by atoms with van der Waals surface area (Å²) in [5.74, 6) is 5.01. The second-order valence-corrected chi connectivity index (χ2v) is 9.49. The number of thioether (sulfide) groups is 2. The molecule has 0 bridgehead atoms. The van der Waals surface area contributed by atoms with Gasteiger partial charge in [0.15, 0.2) is 0 Å². The second-order valence-electron chi connectivity index (χ2n) is 7.39. The molecule has 9 heteroatoms. The Bertz CT molecular complexity index is 1140. The number of rotatable bonds is 6. The molecule has 0 N–H and O–H groups in total. The van der Waals surface area contributed by atoms with Crippen LogP contribution in [0.2, 0.25) is 0 Å². The number of fused-ring (bicyclic) bond motifs is 2. The van der Waals surface area contributed by atoms with Crippen LogP contribution in [0.3, 0.4) is 0 Å². The van der Waals surface area contributed by atoms with Crippen LogP contribution in [0.5, 0.6) is 23.0 Å². The molecule has 0 unspecified atom stereocenters. The van der Waals surface area contributed by atoms with Crippen molar-refractivity contribution in [3.63, 3.8) is 0 Å². The average molecular weight is 666 g/mol. The summed E-state index contributed by atoms with van der Waals surface area (Å²) in [5, 5.41) is 0. The Kier molecular flexibility index (Phi) is 13.6. The molecule has 4 aromatic carbocycles. The van der Waals surface area contributed by atoms with Gasteiger partial charge in [-0.2, -0.15) is 12.1 Å². The summed E-state index contributed by atoms with van der Waals surface area (Å²) in [5.41, 5.74) is 2.26. The minimum Gasteiger partial charge on any atom is -0.516 e. The first-order valence-corrected chi connectivity index (χ1v) is 12.8. The average Bonchev–Trinajstić information content (AvgIpc) is 3.56. The fourth-order valence-corrected chi connectivity index (χ4v) is 4.96. The minimum atomic E-state index is 0. The Morgan fingerprint density at radius 1 is 0.568 bits per heavy atom. The van der Waals surface area contributed by atoms with Crippen molar-refractivity contribution < 1.29 is 39.4 Å². The van der Waals surface area contributed by atoms with Crippen LogP contribution >= 0.6 is 48.3 Å². The molecule has 0 amide bonds. The van der Waals surface area contributed by atoms with E-state index in [9.17, 15) is 0 Å². The summed E-state index contributed by atoms with van der Waals surface area (Å²) in [6, 6.07) is 34.8. The van der Waals surface area contributed by atoms with Crippen LogP contribution in [-0.4, -0.2) is 13.6 Å². The van der Waals surface area contributed by atoms with Crippen molar-refractivity contribution in [2.75, 3.05) is 13.6 Å². The summed E-state index contributed by atoms with van der Waals surface area (Å²) < 4.78 is 21.2. The van der Waals surface area contributed by atoms with Crippen molar-refractivity contribution in [2.45, 2.75) is 21.3 Å². The third-order valence-electron chi connectivity index (χ3n) is 5.01. The zero-order valence-electron chi connectivity index (χ0n) is 19.5. The van der Waals surface area contributed by atoms with E-state index in [-0.39, 0.29) is 45.2 Å². The molecular formula is C28H24Cl2O4PdS2. The zero-order chi connectivity index (χ0) is 23.0. The quantitative estimate of drug-likeness (QED) is 0.119. The van der Waals surface area contributed by atoms with E-state index in [2.05, 4.69) is 36.4 Å². The van der Waals surface area contributed by atoms with E-state index in [1.54, 1.807) is 23.5 Å². The van der Waals surface area contributed by atoms with Gasteiger partial charge in [-0.05, 0) is 24.3 Å². The van der Waals surface area contributed by atoms with Crippen LogP contribution in [0.4, 0.5) is 0 Å². The minimum absolute atomic E-state index is 0. The molecule has 0 aromatic heterocycles. The first kappa shape index (κ1) is 31.2. The van der Waals surface area contributed by atoms with E-state index in [0.29, 0.717) is 13.6 Å². The smallest absolute Gasteiger partial charge is 0.516 e. The van der Waals surface area contributed by atoms with E-state index < -0.39 is 0 Å². The number of halogens is 2. The molecule has 37 heavy (non-hydrogen) atoms. The van der Waals surface area contributed by atoms with Gasteiger partial charge in [-0.1, -0.05) is 36.4 Å². The molecule has 2 aliphatic heterocycles. The molecule has 2 aliphatic rings. The molecule has 0 fully saturated rings. The van der Waals surface area contributed by atoms with Gasteiger partial charge in [0, 0.05) is 21.3 Å². The second kappa shape index (κ2) is 16.1. The fraction of sp³-hybridized carbons (Fsp3) is 0.143. The number of benzene rings is 4. The Morgan fingerprint density at radius 3 is 1.35 bits per heavy atom. The molecule has 0 aliphatic carbocycles. The van der Waals surface area contributed by atoms with E-state index in [1.807, 2.05) is 60.7 Å². The zero-order valence-corrected chi connectivity index (χ0v) is 24.3. The van der Waals surface area contributed by atoms with Crippen LogP contribution < -0.4 is 18.9 Å². The summed E-state index contributed by atoms with van der Waals surface area (Å²) in [7, 11) is 0. The SMILES string of the molecule is Cl.Cl.[Pd+2].[c-]1cc2c(cc1CSc1ccccc1)OCO2.[c-]1cc2c(cc1CSc1ccccc1)OCO2. The molecule has 6 rings (SSSR count). The molecule has 0 spiro atoms. The van der Waals surface area contributed by atoms with Crippen LogP contribution in [0.1, 0.15) is 11.1 Å². The van der Waals surface area contributed by atoms with Gasteiger partial charge in [0.2, 0.25) is 13.6 Å². The first-order chi connectivity index (χ1) is 16.8. The topological polar surface area (TPSA) is 36.9 Å². The molecule has 0 radical (unpaired) electrons. The predicted molar refractivity (Wildman–Crippen MR) is 149 cm³/mol. The van der Waals surface area contributed by atoms with Crippen molar-refractivity contribution in [1.82, 2.24) is 0 Å². The molecule has 2 heterocycles. The summed E-state index contributed by atoms with van der Waals surface area (Å²) in [6.07, 6.45) is 0. The molecule has 0 saturated heterocycles. The summed E-state index contributed by atoms with van der Waals surface area (Å²) in [4.78, 5) is 2.53. The third-order valence-corrected chi connectivity index (χ3v) is 7.13. The summed E-state index contributed by atoms with van der Waals surface area (Å²) >= 11 is 3.58. The van der Waals surface area contributed by atoms with Crippen molar-refractivity contribution in [3.05, 3.63) is 108 Å². The van der Waals surface area contributed by atoms with Gasteiger partial charge >= 0.3 is 20.4 Å². The van der Waals surface area contributed by atoms with Crippen LogP contribution in [0, 0.1) is 12.1 Å². The van der Waals surface area contributed by atoms with Crippen molar-refractivity contribution in [1.29, 1.82) is 0 Å². The summed E-state index contributed by atoms with van der Waals surface area (Å²) in [6.45, 7) is 0.636. The van der Waals surface area contributed by atoms with Crippen molar-refractivity contribution >= 4 is 48.3 Å². The molecule has 0 saturated carbocycles. The fourth-order valence-electron chi connectivity index (χ4n) is 3.29. The van der Waals surface area contributed by atoms with E-state index >= 15 is 0 Å². The van der Waals surface area contributed by atoms with Gasteiger partial charge in [-0.3, -0.25) is 0 Å². The van der Waals surface area contributed by atoms with Crippen molar-refractivity contribution in [3.8, 4) is 23.0 Å². The Hall–Kier alpha value is -1.98. The monoisotopic (exact) mass is 664 g/mol. The standard InChI is InChI=1S/2C14H11O2S.2ClH.Pd/c2*1-2-4-12(5-3-1)17-9-11-6-7-13-14(8-11)16-10-15-13;;;/h2*1-5,7-8H,9-10H2;2*1H;/q2*-1;;;+2. The largest absolute Gasteiger partial charge is 2.00 e. The van der Waals surface area contributed by atoms with Crippen molar-refractivity contribution in [2.24, 2.45) is 0 Å². The number of ether oxygens (including phenoxy) is 4. The maximum Gasteiger partial charge on any atom is 2.00 e. The van der Waals surface area contributed by atoms with E-state index in [4.69, 9.17) is 18.9 Å². The maximum absolute atomic E-state index is 5.34. The molecule has 4 aromatic rings. The number of hydrogen-bond acceptors (Lipinski definition) is 6.